The highest BCUT2D eigenvalue weighted by Gasteiger charge is 2.27. The van der Waals surface area contributed by atoms with Gasteiger partial charge in [0, 0.05) is 56.2 Å². The number of carboxylic acids is 4. The number of rotatable bonds is 44. The van der Waals surface area contributed by atoms with Gasteiger partial charge in [0.15, 0.2) is 18.5 Å². The number of ketones is 1. The number of hydrogen-bond acceptors (Lipinski definition) is 19. The largest absolute Gasteiger partial charge is 0.489 e. The molecule has 0 aliphatic heterocycles. The average molecular weight is 1990 g/mol. The molecule has 25 heteroatoms. The molecule has 0 spiro atoms. The van der Waals surface area contributed by atoms with Gasteiger partial charge in [0.2, 0.25) is 0 Å². The van der Waals surface area contributed by atoms with Crippen molar-refractivity contribution in [2.24, 2.45) is 11.8 Å². The van der Waals surface area contributed by atoms with Crippen LogP contribution in [0.5, 0.6) is 51.7 Å². The van der Waals surface area contributed by atoms with Gasteiger partial charge < -0.3 is 63.1 Å². The van der Waals surface area contributed by atoms with E-state index in [2.05, 4.69) is 32.1 Å². The van der Waals surface area contributed by atoms with E-state index in [4.69, 9.17) is 64.3 Å². The van der Waals surface area contributed by atoms with E-state index < -0.39 is 42.5 Å². The van der Waals surface area contributed by atoms with Crippen molar-refractivity contribution < 1.29 is 91.4 Å². The summed E-state index contributed by atoms with van der Waals surface area (Å²) in [7, 11) is 0. The minimum atomic E-state index is -1.07. The zero-order valence-corrected chi connectivity index (χ0v) is 82.2. The first kappa shape index (κ1) is 104. The van der Waals surface area contributed by atoms with Gasteiger partial charge in [-0.25, -0.2) is 33.9 Å². The number of ether oxygens (including phenoxy) is 9. The lowest BCUT2D eigenvalue weighted by Gasteiger charge is -2.18. The smallest absolute Gasteiger partial charge is 0.344 e. The molecule has 0 radical (unpaired) electrons. The molecule has 0 aliphatic rings. The first-order valence-electron chi connectivity index (χ1n) is 48.7. The van der Waals surface area contributed by atoms with Gasteiger partial charge in [0.1, 0.15) is 109 Å². The zero-order chi connectivity index (χ0) is 103. The average Bonchev–Trinajstić information content (AvgIpc) is 0.816. The molecule has 746 valence electrons. The summed E-state index contributed by atoms with van der Waals surface area (Å²) in [4.78, 5) is 82.9. The Balaban J connectivity index is 0.000000148. The van der Waals surface area contributed by atoms with Crippen molar-refractivity contribution in [3.63, 3.8) is 0 Å². The number of pyridine rings is 5. The quantitative estimate of drug-likeness (QED) is 0.0258. The molecule has 4 atom stereocenters. The van der Waals surface area contributed by atoms with Crippen LogP contribution in [0.3, 0.4) is 0 Å². The van der Waals surface area contributed by atoms with Crippen LogP contribution in [0.25, 0.3) is 54.5 Å². The molecule has 0 saturated carbocycles. The fourth-order valence-electron chi connectivity index (χ4n) is 16.6. The second-order valence-electron chi connectivity index (χ2n) is 35.0. The Kier molecular flexibility index (Phi) is 37.4. The molecule has 18 rings (SSSR count). The molecular formula is C122H111ClFN5O18. The lowest BCUT2D eigenvalue weighted by molar-refractivity contribution is -0.145. The van der Waals surface area contributed by atoms with Crippen molar-refractivity contribution in [1.29, 1.82) is 0 Å². The highest BCUT2D eigenvalue weighted by atomic mass is 35.5. The molecule has 13 aromatic carbocycles. The van der Waals surface area contributed by atoms with Gasteiger partial charge in [-0.05, 0) is 212 Å². The van der Waals surface area contributed by atoms with E-state index in [0.717, 1.165) is 118 Å². The third-order valence-corrected chi connectivity index (χ3v) is 24.5. The summed E-state index contributed by atoms with van der Waals surface area (Å²) in [6.07, 6.45) is 4.48. The SMILES string of the molecule is CCCC(Cc1cccc(COc2cccc(OCc3ccc4ccccc4n3)c2)c1)C(=O)O.CCCC(Cc1ccccc1COc1ccc(OCc2ccc3ccccc3n2)cc1)C(=O)O.CCCC(Oc1c(Cl)cccc1COc1ccc(OCc2ccc3cccc(F)c3n2)cc1)C(=O)O.O=C(O)COc1cccc(C(Cc2ccc3ccccc3n2)C(=O)c2cccc(OCc3ccc4ccccc4n3)c2)c1. The standard InChI is InChI=1S/C36H28N2O5.2C29H29NO4.C28H25ClFNO5/c39-35(40)23-43-30-11-5-9-26(19-30)32(21-28-17-15-24-7-1-3-13-33(24)37-28)36(41)27-10-6-12-31(20-27)42-22-29-18-16-25-8-2-4-14-34(25)38-29;1-2-7-24(29(31)32)17-21-8-5-9-22(16-21)19-33-26-11-6-12-27(18-26)34-20-25-15-14-23-10-3-4-13-28(23)30-25;1-2-7-23(29(31)32)18-22-9-3-4-10-24(22)19-33-26-14-16-27(17-15-26)34-20-25-13-12-21-8-5-6-11-28(21)30-25;1-2-5-25(28(32)33)36-27-19(7-3-8-23(27)29)16-34-21-12-14-22(15-13-21)35-17-20-11-10-18-6-4-9-24(30)26(18)31-20/h1-20,32H,21-23H2,(H,39,40);3-6,8-16,18,24H,2,7,17,19-20H2,1H3,(H,31,32);3-6,8-17,23H,2,7,18-20H2,1H3,(H,31,32);3-4,6-15,25H,2,5,16-17H2,1H3,(H,32,33). The second-order valence-corrected chi connectivity index (χ2v) is 35.5. The Labute approximate surface area is 856 Å². The maximum Gasteiger partial charge on any atom is 0.344 e. The van der Waals surface area contributed by atoms with E-state index >= 15 is 0 Å². The molecule has 23 nitrogen and oxygen atoms in total. The number of halogens is 2. The number of fused-ring (bicyclic) bond motifs is 5. The van der Waals surface area contributed by atoms with Gasteiger partial charge in [-0.15, -0.1) is 0 Å². The summed E-state index contributed by atoms with van der Waals surface area (Å²) in [6.45, 7) is 7.58. The monoisotopic (exact) mass is 1990 g/mol. The highest BCUT2D eigenvalue weighted by Crippen LogP contribution is 2.36. The molecule has 4 unspecified atom stereocenters. The number of aromatic nitrogens is 5. The van der Waals surface area contributed by atoms with E-state index in [1.807, 2.05) is 276 Å². The molecular weight excluding hydrogens is 1880 g/mol. The number of hydrogen-bond donors (Lipinski definition) is 4. The maximum atomic E-state index is 14.1. The third kappa shape index (κ3) is 30.7. The summed E-state index contributed by atoms with van der Waals surface area (Å²) >= 11 is 6.29. The van der Waals surface area contributed by atoms with Gasteiger partial charge >= 0.3 is 23.9 Å². The van der Waals surface area contributed by atoms with Crippen LogP contribution in [0.15, 0.2) is 364 Å². The molecule has 18 aromatic rings. The van der Waals surface area contributed by atoms with Gasteiger partial charge in [0.05, 0.1) is 67.6 Å². The molecule has 0 aliphatic carbocycles. The van der Waals surface area contributed by atoms with Crippen molar-refractivity contribution in [2.45, 2.75) is 137 Å². The van der Waals surface area contributed by atoms with Gasteiger partial charge in [-0.3, -0.25) is 19.4 Å². The Morgan fingerprint density at radius 3 is 1.22 bits per heavy atom. The molecule has 0 amide bonds. The van der Waals surface area contributed by atoms with Crippen LogP contribution in [0, 0.1) is 17.7 Å². The van der Waals surface area contributed by atoms with Crippen LogP contribution in [0.4, 0.5) is 4.39 Å². The normalized spacial score (nSPS) is 11.8. The van der Waals surface area contributed by atoms with Crippen LogP contribution in [0.2, 0.25) is 5.02 Å². The van der Waals surface area contributed by atoms with Gasteiger partial charge in [-0.2, -0.15) is 0 Å². The minimum absolute atomic E-state index is 0.111. The van der Waals surface area contributed by atoms with Gasteiger partial charge in [-0.1, -0.05) is 258 Å². The summed E-state index contributed by atoms with van der Waals surface area (Å²) in [5.74, 6) is -0.0709. The Bertz CT molecular complexity index is 7530. The number of carbonyl (C=O) groups excluding carboxylic acids is 1. The number of aliphatic carboxylic acids is 4. The van der Waals surface area contributed by atoms with E-state index in [9.17, 15) is 43.7 Å². The lowest BCUT2D eigenvalue weighted by atomic mass is 9.86. The van der Waals surface area contributed by atoms with E-state index in [1.165, 1.54) is 6.07 Å². The topological polar surface area (TPSA) is 314 Å². The van der Waals surface area contributed by atoms with Crippen LogP contribution in [-0.4, -0.2) is 87.7 Å². The Hall–Kier alpha value is -17.1. The molecule has 147 heavy (non-hydrogen) atoms. The predicted molar refractivity (Wildman–Crippen MR) is 566 cm³/mol. The maximum absolute atomic E-state index is 14.1. The van der Waals surface area contributed by atoms with Crippen molar-refractivity contribution in [3.05, 3.63) is 442 Å². The lowest BCUT2D eigenvalue weighted by Crippen LogP contribution is -2.27. The second kappa shape index (κ2) is 52.8. The number of carbonyl (C=O) groups is 5. The highest BCUT2D eigenvalue weighted by molar-refractivity contribution is 6.32. The van der Waals surface area contributed by atoms with E-state index in [0.29, 0.717) is 145 Å². The summed E-state index contributed by atoms with van der Waals surface area (Å²) in [5.41, 5.74) is 13.8. The number of Topliss-reactive ketones (excluding diaryl/α,β-unsaturated/α-hetero) is 1. The van der Waals surface area contributed by atoms with Crippen LogP contribution in [0.1, 0.15) is 137 Å². The van der Waals surface area contributed by atoms with Crippen LogP contribution in [-0.2, 0) is 84.7 Å². The number of para-hydroxylation sites is 6. The first-order valence-corrected chi connectivity index (χ1v) is 49.0. The molecule has 0 saturated heterocycles. The summed E-state index contributed by atoms with van der Waals surface area (Å²) in [6, 6.07) is 113. The molecule has 5 aromatic heterocycles. The van der Waals surface area contributed by atoms with Crippen molar-refractivity contribution in [3.8, 4) is 51.7 Å². The summed E-state index contributed by atoms with van der Waals surface area (Å²) in [5, 5.41) is 42.8. The first-order chi connectivity index (χ1) is 71.7. The molecule has 5 heterocycles. The third-order valence-electron chi connectivity index (χ3n) is 24.2. The molecule has 0 bridgehead atoms. The fraction of sp³-hybridized carbons (Fsp3) is 0.197. The fourth-order valence-corrected chi connectivity index (χ4v) is 16.8. The molecule has 0 fully saturated rings. The van der Waals surface area contributed by atoms with E-state index in [1.54, 1.807) is 91.0 Å². The van der Waals surface area contributed by atoms with Crippen LogP contribution >= 0.6 is 11.6 Å². The minimum Gasteiger partial charge on any atom is -0.489 e. The zero-order valence-electron chi connectivity index (χ0n) is 81.5. The van der Waals surface area contributed by atoms with Crippen molar-refractivity contribution in [1.82, 2.24) is 24.9 Å². The number of nitrogens with zero attached hydrogens (tertiary/aromatic N) is 5. The number of carboxylic acid groups (broad SMARTS) is 4. The van der Waals surface area contributed by atoms with E-state index in [-0.39, 0.29) is 43.3 Å². The van der Waals surface area contributed by atoms with Crippen molar-refractivity contribution in [2.75, 3.05) is 6.61 Å². The van der Waals surface area contributed by atoms with Gasteiger partial charge in [0.25, 0.3) is 0 Å². The Morgan fingerprint density at radius 2 is 0.707 bits per heavy atom. The number of benzene rings is 13. The Morgan fingerprint density at radius 1 is 0.313 bits per heavy atom. The summed E-state index contributed by atoms with van der Waals surface area (Å²) < 4.78 is 66.7. The van der Waals surface area contributed by atoms with Crippen molar-refractivity contribution >= 4 is 95.8 Å². The van der Waals surface area contributed by atoms with Crippen LogP contribution < -0.4 is 42.6 Å². The molecule has 4 N–H and O–H groups in total. The predicted octanol–water partition coefficient (Wildman–Crippen LogP) is 26.7.